The van der Waals surface area contributed by atoms with E-state index in [1.165, 1.54) is 11.8 Å². The van der Waals surface area contributed by atoms with E-state index >= 15 is 0 Å². The van der Waals surface area contributed by atoms with Gasteiger partial charge < -0.3 is 15.5 Å². The van der Waals surface area contributed by atoms with Crippen molar-refractivity contribution in [3.8, 4) is 0 Å². The number of hydrogen-bond donors (Lipinski definition) is 3. The molecule has 0 aromatic rings. The van der Waals surface area contributed by atoms with Crippen molar-refractivity contribution in [1.29, 1.82) is 0 Å². The van der Waals surface area contributed by atoms with E-state index in [1.807, 2.05) is 6.26 Å². The highest BCUT2D eigenvalue weighted by atomic mass is 32.2. The van der Waals surface area contributed by atoms with Crippen LogP contribution in [0.15, 0.2) is 0 Å². The number of rotatable bonds is 6. The Morgan fingerprint density at radius 2 is 2.06 bits per heavy atom. The van der Waals surface area contributed by atoms with Crippen molar-refractivity contribution in [2.45, 2.75) is 25.4 Å². The number of carboxylic acids is 1. The van der Waals surface area contributed by atoms with E-state index in [1.54, 1.807) is 6.92 Å². The fourth-order valence-corrected chi connectivity index (χ4v) is 2.19. The van der Waals surface area contributed by atoms with Crippen LogP contribution in [0.25, 0.3) is 0 Å². The minimum atomic E-state index is -1.23. The third kappa shape index (κ3) is 2.89. The first-order valence-corrected chi connectivity index (χ1v) is 6.46. The molecule has 1 amide bonds. The molecule has 92 valence electrons. The third-order valence-electron chi connectivity index (χ3n) is 2.68. The lowest BCUT2D eigenvalue weighted by atomic mass is 10.1. The molecule has 1 atom stereocenters. The van der Waals surface area contributed by atoms with Crippen molar-refractivity contribution < 1.29 is 19.8 Å². The van der Waals surface area contributed by atoms with Crippen molar-refractivity contribution in [2.24, 2.45) is 5.41 Å². The van der Waals surface area contributed by atoms with E-state index in [9.17, 15) is 14.7 Å². The largest absolute Gasteiger partial charge is 0.480 e. The number of nitrogens with one attached hydrogen (secondary N) is 1. The summed E-state index contributed by atoms with van der Waals surface area (Å²) in [4.78, 5) is 22.5. The maximum absolute atomic E-state index is 11.6. The van der Waals surface area contributed by atoms with Gasteiger partial charge in [0, 0.05) is 12.3 Å². The van der Waals surface area contributed by atoms with E-state index in [-0.39, 0.29) is 6.54 Å². The van der Waals surface area contributed by atoms with Crippen LogP contribution in [0.5, 0.6) is 0 Å². The van der Waals surface area contributed by atoms with Gasteiger partial charge >= 0.3 is 5.97 Å². The number of aliphatic carboxylic acids is 1. The summed E-state index contributed by atoms with van der Waals surface area (Å²) >= 11 is 1.47. The molecule has 6 heteroatoms. The highest BCUT2D eigenvalue weighted by Gasteiger charge is 2.57. The molecule has 16 heavy (non-hydrogen) atoms. The molecule has 0 radical (unpaired) electrons. The molecular formula is C10H17NO4S. The second kappa shape index (κ2) is 4.63. The minimum Gasteiger partial charge on any atom is -0.480 e. The SMILES string of the molecule is CSCC(C)(O)CNC(=O)C1(C(=O)O)CC1. The third-order valence-corrected chi connectivity index (χ3v) is 3.59. The lowest BCUT2D eigenvalue weighted by Crippen LogP contribution is -2.46. The topological polar surface area (TPSA) is 86.6 Å². The summed E-state index contributed by atoms with van der Waals surface area (Å²) in [5, 5.41) is 21.2. The summed E-state index contributed by atoms with van der Waals surface area (Å²) in [6, 6.07) is 0. The smallest absolute Gasteiger partial charge is 0.319 e. The van der Waals surface area contributed by atoms with Crippen molar-refractivity contribution in [3.63, 3.8) is 0 Å². The Morgan fingerprint density at radius 1 is 1.50 bits per heavy atom. The molecule has 3 N–H and O–H groups in total. The number of hydrogen-bond acceptors (Lipinski definition) is 4. The monoisotopic (exact) mass is 247 g/mol. The Morgan fingerprint density at radius 3 is 2.44 bits per heavy atom. The van der Waals surface area contributed by atoms with E-state index in [2.05, 4.69) is 5.32 Å². The molecule has 1 aliphatic rings. The summed E-state index contributed by atoms with van der Waals surface area (Å²) in [7, 11) is 0. The van der Waals surface area contributed by atoms with Crippen LogP contribution < -0.4 is 5.32 Å². The van der Waals surface area contributed by atoms with Crippen molar-refractivity contribution in [3.05, 3.63) is 0 Å². The second-order valence-electron chi connectivity index (χ2n) is 4.50. The van der Waals surface area contributed by atoms with E-state index in [0.717, 1.165) is 0 Å². The van der Waals surface area contributed by atoms with Gasteiger partial charge in [-0.15, -0.1) is 0 Å². The zero-order valence-electron chi connectivity index (χ0n) is 9.45. The van der Waals surface area contributed by atoms with Gasteiger partial charge in [-0.25, -0.2) is 0 Å². The van der Waals surface area contributed by atoms with Gasteiger partial charge in [-0.1, -0.05) is 0 Å². The highest BCUT2D eigenvalue weighted by molar-refractivity contribution is 7.98. The maximum Gasteiger partial charge on any atom is 0.319 e. The number of carbonyl (C=O) groups excluding carboxylic acids is 1. The van der Waals surface area contributed by atoms with Gasteiger partial charge in [0.2, 0.25) is 5.91 Å². The predicted molar refractivity (Wildman–Crippen MR) is 61.3 cm³/mol. The van der Waals surface area contributed by atoms with Crippen molar-refractivity contribution >= 4 is 23.6 Å². The predicted octanol–water partition coefficient (Wildman–Crippen LogP) is 0.0814. The summed E-state index contributed by atoms with van der Waals surface area (Å²) in [5.74, 6) is -1.07. The summed E-state index contributed by atoms with van der Waals surface area (Å²) in [6.07, 6.45) is 2.63. The van der Waals surface area contributed by atoms with E-state index in [0.29, 0.717) is 18.6 Å². The summed E-state index contributed by atoms with van der Waals surface area (Å²) < 4.78 is 0. The lowest BCUT2D eigenvalue weighted by molar-refractivity contribution is -0.149. The van der Waals surface area contributed by atoms with Crippen molar-refractivity contribution in [1.82, 2.24) is 5.32 Å². The summed E-state index contributed by atoms with van der Waals surface area (Å²) in [5.41, 5.74) is -2.22. The molecule has 5 nitrogen and oxygen atoms in total. The normalized spacial score (nSPS) is 20.9. The molecule has 1 fully saturated rings. The fourth-order valence-electron chi connectivity index (χ4n) is 1.46. The first-order chi connectivity index (χ1) is 7.34. The van der Waals surface area contributed by atoms with Gasteiger partial charge in [-0.05, 0) is 26.0 Å². The van der Waals surface area contributed by atoms with Gasteiger partial charge in [-0.2, -0.15) is 11.8 Å². The molecule has 0 aromatic heterocycles. The van der Waals surface area contributed by atoms with Crippen LogP contribution >= 0.6 is 11.8 Å². The Hall–Kier alpha value is -0.750. The Labute approximate surface area is 98.6 Å². The van der Waals surface area contributed by atoms with Crippen LogP contribution in [-0.4, -0.2) is 46.2 Å². The molecule has 1 rings (SSSR count). The Balaban J connectivity index is 2.45. The Bertz CT molecular complexity index is 299. The van der Waals surface area contributed by atoms with Crippen molar-refractivity contribution in [2.75, 3.05) is 18.6 Å². The molecule has 1 unspecified atom stereocenters. The quantitative estimate of drug-likeness (QED) is 0.579. The highest BCUT2D eigenvalue weighted by Crippen LogP contribution is 2.46. The molecule has 1 saturated carbocycles. The van der Waals surface area contributed by atoms with E-state index < -0.39 is 22.9 Å². The first-order valence-electron chi connectivity index (χ1n) is 5.07. The van der Waals surface area contributed by atoms with Gasteiger partial charge in [0.15, 0.2) is 0 Å². The molecular weight excluding hydrogens is 230 g/mol. The van der Waals surface area contributed by atoms with Crippen LogP contribution in [0.3, 0.4) is 0 Å². The molecule has 0 aromatic carbocycles. The number of carboxylic acid groups (broad SMARTS) is 1. The standard InChI is InChI=1S/C10H17NO4S/c1-9(15,6-16-2)5-11-7(12)10(3-4-10)8(13)14/h15H,3-6H2,1-2H3,(H,11,12)(H,13,14). The number of aliphatic hydroxyl groups is 1. The Kier molecular flexibility index (Phi) is 3.85. The minimum absolute atomic E-state index is 0.0850. The molecule has 1 aliphatic carbocycles. The lowest BCUT2D eigenvalue weighted by Gasteiger charge is -2.23. The van der Waals surface area contributed by atoms with Crippen LogP contribution in [0.4, 0.5) is 0 Å². The van der Waals surface area contributed by atoms with E-state index in [4.69, 9.17) is 5.11 Å². The zero-order chi connectivity index (χ0) is 12.4. The number of amides is 1. The molecule has 0 saturated heterocycles. The average Bonchev–Trinajstić information content (AvgIpc) is 2.94. The maximum atomic E-state index is 11.6. The van der Waals surface area contributed by atoms with Gasteiger partial charge in [-0.3, -0.25) is 9.59 Å². The second-order valence-corrected chi connectivity index (χ2v) is 5.37. The average molecular weight is 247 g/mol. The van der Waals surface area contributed by atoms with Gasteiger partial charge in [0.25, 0.3) is 0 Å². The molecule has 0 spiro atoms. The number of thioether (sulfide) groups is 1. The zero-order valence-corrected chi connectivity index (χ0v) is 10.3. The van der Waals surface area contributed by atoms with Crippen LogP contribution in [-0.2, 0) is 9.59 Å². The van der Waals surface area contributed by atoms with Gasteiger partial charge in [0.05, 0.1) is 5.60 Å². The first kappa shape index (κ1) is 13.3. The van der Waals surface area contributed by atoms with Crippen LogP contribution in [0, 0.1) is 5.41 Å². The van der Waals surface area contributed by atoms with Gasteiger partial charge in [0.1, 0.15) is 5.41 Å². The summed E-state index contributed by atoms with van der Waals surface area (Å²) in [6.45, 7) is 1.70. The number of carbonyl (C=O) groups is 2. The molecule has 0 bridgehead atoms. The van der Waals surface area contributed by atoms with Crippen LogP contribution in [0.1, 0.15) is 19.8 Å². The van der Waals surface area contributed by atoms with Crippen LogP contribution in [0.2, 0.25) is 0 Å². The molecule has 0 aliphatic heterocycles. The fraction of sp³-hybridized carbons (Fsp3) is 0.800. The molecule has 0 heterocycles.